The number of hydrazone groups is 1. The molecule has 0 fully saturated rings. The van der Waals surface area contributed by atoms with Crippen LogP contribution in [-0.2, 0) is 0 Å². The lowest BCUT2D eigenvalue weighted by Crippen LogP contribution is -2.34. The van der Waals surface area contributed by atoms with Crippen LogP contribution >= 0.6 is 0 Å². The van der Waals surface area contributed by atoms with Gasteiger partial charge in [-0.3, -0.25) is 5.43 Å². The molecule has 0 aliphatic carbocycles. The summed E-state index contributed by atoms with van der Waals surface area (Å²) in [6, 6.07) is 0. The number of unbranched alkanes of at least 4 members (excludes halogenated alkanes) is 1. The summed E-state index contributed by atoms with van der Waals surface area (Å²) in [6.07, 6.45) is 4.77. The molecule has 1 heterocycles. The van der Waals surface area contributed by atoms with Crippen molar-refractivity contribution in [3.05, 3.63) is 0 Å². The number of rotatable bonds is 3. The quantitative estimate of drug-likeness (QED) is 0.634. The Labute approximate surface area is 62.1 Å². The van der Waals surface area contributed by atoms with E-state index in [0.29, 0.717) is 6.17 Å². The zero-order valence-corrected chi connectivity index (χ0v) is 6.67. The molecule has 1 aliphatic rings. The van der Waals surface area contributed by atoms with Gasteiger partial charge in [0.15, 0.2) is 0 Å². The first kappa shape index (κ1) is 7.38. The molecule has 0 spiro atoms. The Morgan fingerprint density at radius 3 is 3.00 bits per heavy atom. The number of hydrogen-bond acceptors (Lipinski definition) is 3. The van der Waals surface area contributed by atoms with Crippen LogP contribution in [0.2, 0.25) is 0 Å². The van der Waals surface area contributed by atoms with Gasteiger partial charge in [0.1, 0.15) is 12.5 Å². The van der Waals surface area contributed by atoms with Gasteiger partial charge < -0.3 is 4.90 Å². The van der Waals surface area contributed by atoms with Crippen molar-refractivity contribution < 1.29 is 0 Å². The maximum Gasteiger partial charge on any atom is 0.113 e. The van der Waals surface area contributed by atoms with E-state index in [4.69, 9.17) is 0 Å². The molecule has 58 valence electrons. The molecule has 1 aliphatic heterocycles. The Bertz CT molecular complexity index is 122. The van der Waals surface area contributed by atoms with Crippen LogP contribution in [-0.4, -0.2) is 23.9 Å². The molecule has 3 heteroatoms. The Morgan fingerprint density at radius 1 is 1.70 bits per heavy atom. The summed E-state index contributed by atoms with van der Waals surface area (Å²) < 4.78 is 0. The zero-order chi connectivity index (χ0) is 7.40. The van der Waals surface area contributed by atoms with Crippen LogP contribution in [0.4, 0.5) is 0 Å². The average Bonchev–Trinajstić information content (AvgIpc) is 2.31. The summed E-state index contributed by atoms with van der Waals surface area (Å²) in [5.41, 5.74) is 2.97. The molecule has 0 aromatic heterocycles. The van der Waals surface area contributed by atoms with Gasteiger partial charge >= 0.3 is 0 Å². The van der Waals surface area contributed by atoms with Gasteiger partial charge in [-0.15, -0.1) is 0 Å². The van der Waals surface area contributed by atoms with Gasteiger partial charge in [-0.1, -0.05) is 13.3 Å². The molecule has 1 rings (SSSR count). The molecule has 0 aromatic rings. The first-order valence-electron chi connectivity index (χ1n) is 3.89. The summed E-state index contributed by atoms with van der Waals surface area (Å²) in [5.74, 6) is 0. The van der Waals surface area contributed by atoms with Crippen molar-refractivity contribution in [2.75, 3.05) is 6.54 Å². The summed E-state index contributed by atoms with van der Waals surface area (Å²) in [6.45, 7) is 5.43. The van der Waals surface area contributed by atoms with Gasteiger partial charge in [-0.25, -0.2) is 0 Å². The van der Waals surface area contributed by atoms with Crippen molar-refractivity contribution in [2.24, 2.45) is 5.10 Å². The number of hydrogen-bond donors (Lipinski definition) is 1. The molecule has 0 amide bonds. The van der Waals surface area contributed by atoms with E-state index in [1.54, 1.807) is 0 Å². The topological polar surface area (TPSA) is 27.6 Å². The molecule has 0 radical (unpaired) electrons. The predicted octanol–water partition coefficient (Wildman–Crippen LogP) is 0.981. The maximum atomic E-state index is 3.95. The highest BCUT2D eigenvalue weighted by Crippen LogP contribution is 2.00. The van der Waals surface area contributed by atoms with E-state index in [2.05, 4.69) is 29.3 Å². The Kier molecular flexibility index (Phi) is 2.54. The van der Waals surface area contributed by atoms with Crippen LogP contribution < -0.4 is 5.43 Å². The van der Waals surface area contributed by atoms with Crippen LogP contribution in [0.3, 0.4) is 0 Å². The number of nitrogens with one attached hydrogen (secondary N) is 1. The fraction of sp³-hybridized carbons (Fsp3) is 0.857. The third-order valence-corrected chi connectivity index (χ3v) is 1.73. The first-order valence-corrected chi connectivity index (χ1v) is 3.89. The molecular formula is C7H15N3. The van der Waals surface area contributed by atoms with Gasteiger partial charge in [0.2, 0.25) is 0 Å². The van der Waals surface area contributed by atoms with Crippen molar-refractivity contribution in [1.29, 1.82) is 0 Å². The minimum atomic E-state index is 0.395. The lowest BCUT2D eigenvalue weighted by atomic mass is 10.3. The van der Waals surface area contributed by atoms with Crippen LogP contribution in [0, 0.1) is 0 Å². The molecule has 0 saturated heterocycles. The smallest absolute Gasteiger partial charge is 0.113 e. The Balaban J connectivity index is 2.20. The normalized spacial score (nSPS) is 23.4. The van der Waals surface area contributed by atoms with Crippen LogP contribution in [0.5, 0.6) is 0 Å². The first-order chi connectivity index (χ1) is 4.84. The molecule has 1 unspecified atom stereocenters. The summed E-state index contributed by atoms with van der Waals surface area (Å²) in [5, 5.41) is 3.95. The van der Waals surface area contributed by atoms with E-state index in [9.17, 15) is 0 Å². The summed E-state index contributed by atoms with van der Waals surface area (Å²) in [4.78, 5) is 2.21. The second-order valence-electron chi connectivity index (χ2n) is 2.64. The van der Waals surface area contributed by atoms with Gasteiger partial charge in [-0.2, -0.15) is 5.10 Å². The average molecular weight is 141 g/mol. The predicted molar refractivity (Wildman–Crippen MR) is 42.7 cm³/mol. The van der Waals surface area contributed by atoms with E-state index >= 15 is 0 Å². The lowest BCUT2D eigenvalue weighted by molar-refractivity contribution is 0.322. The highest BCUT2D eigenvalue weighted by Gasteiger charge is 2.12. The van der Waals surface area contributed by atoms with Crippen LogP contribution in [0.25, 0.3) is 0 Å². The Morgan fingerprint density at radius 2 is 2.50 bits per heavy atom. The van der Waals surface area contributed by atoms with Gasteiger partial charge in [0.05, 0.1) is 0 Å². The maximum absolute atomic E-state index is 3.95. The van der Waals surface area contributed by atoms with Crippen molar-refractivity contribution in [3.8, 4) is 0 Å². The molecule has 1 N–H and O–H groups in total. The standard InChI is InChI=1S/C7H15N3/c1-3-4-5-10-6-8-9-7(10)2/h6-7,9H,3-5H2,1-2H3. The van der Waals surface area contributed by atoms with E-state index in [1.807, 2.05) is 6.34 Å². The molecule has 1 atom stereocenters. The Hall–Kier alpha value is -0.730. The second-order valence-corrected chi connectivity index (χ2v) is 2.64. The van der Waals surface area contributed by atoms with E-state index in [0.717, 1.165) is 6.54 Å². The van der Waals surface area contributed by atoms with Gasteiger partial charge in [0.25, 0.3) is 0 Å². The monoisotopic (exact) mass is 141 g/mol. The molecule has 0 saturated carbocycles. The van der Waals surface area contributed by atoms with Crippen molar-refractivity contribution in [1.82, 2.24) is 10.3 Å². The molecule has 0 bridgehead atoms. The van der Waals surface area contributed by atoms with E-state index < -0.39 is 0 Å². The largest absolute Gasteiger partial charge is 0.340 e. The van der Waals surface area contributed by atoms with E-state index in [-0.39, 0.29) is 0 Å². The van der Waals surface area contributed by atoms with Crippen LogP contribution in [0.1, 0.15) is 26.7 Å². The molecular weight excluding hydrogens is 126 g/mol. The van der Waals surface area contributed by atoms with Gasteiger partial charge in [0, 0.05) is 6.54 Å². The fourth-order valence-corrected chi connectivity index (χ4v) is 0.982. The molecule has 3 nitrogen and oxygen atoms in total. The third kappa shape index (κ3) is 1.62. The second kappa shape index (κ2) is 3.44. The van der Waals surface area contributed by atoms with Crippen molar-refractivity contribution in [3.63, 3.8) is 0 Å². The minimum Gasteiger partial charge on any atom is -0.340 e. The van der Waals surface area contributed by atoms with E-state index in [1.165, 1.54) is 12.8 Å². The third-order valence-electron chi connectivity index (χ3n) is 1.73. The SMILES string of the molecule is CCCCN1C=NNC1C. The molecule has 0 aromatic carbocycles. The lowest BCUT2D eigenvalue weighted by Gasteiger charge is -2.19. The van der Waals surface area contributed by atoms with Crippen molar-refractivity contribution >= 4 is 6.34 Å². The van der Waals surface area contributed by atoms with Gasteiger partial charge in [-0.05, 0) is 13.3 Å². The minimum absolute atomic E-state index is 0.395. The van der Waals surface area contributed by atoms with Crippen LogP contribution in [0.15, 0.2) is 5.10 Å². The fourth-order valence-electron chi connectivity index (χ4n) is 0.982. The summed E-state index contributed by atoms with van der Waals surface area (Å²) >= 11 is 0. The highest BCUT2D eigenvalue weighted by atomic mass is 15.5. The molecule has 10 heavy (non-hydrogen) atoms. The zero-order valence-electron chi connectivity index (χ0n) is 6.67. The summed E-state index contributed by atoms with van der Waals surface area (Å²) in [7, 11) is 0. The highest BCUT2D eigenvalue weighted by molar-refractivity contribution is 5.56. The number of nitrogens with zero attached hydrogens (tertiary/aromatic N) is 2. The van der Waals surface area contributed by atoms with Crippen molar-refractivity contribution in [2.45, 2.75) is 32.9 Å².